The molecule has 1 aromatic carbocycles. The molecule has 0 spiro atoms. The Morgan fingerprint density at radius 1 is 1.26 bits per heavy atom. The lowest BCUT2D eigenvalue weighted by Gasteiger charge is -2.38. The Hall–Kier alpha value is -1.36. The fourth-order valence-electron chi connectivity index (χ4n) is 4.01. The van der Waals surface area contributed by atoms with E-state index in [-0.39, 0.29) is 12.0 Å². The summed E-state index contributed by atoms with van der Waals surface area (Å²) in [5, 5.41) is 12.2. The lowest BCUT2D eigenvalue weighted by atomic mass is 9.89. The van der Waals surface area contributed by atoms with Crippen molar-refractivity contribution < 1.29 is 9.84 Å². The molecule has 2 aliphatic heterocycles. The number of benzene rings is 1. The van der Waals surface area contributed by atoms with Crippen LogP contribution < -0.4 is 4.90 Å². The zero-order chi connectivity index (χ0) is 15.8. The quantitative estimate of drug-likeness (QED) is 0.917. The Labute approximate surface area is 141 Å². The predicted molar refractivity (Wildman–Crippen MR) is 92.1 cm³/mol. The number of nitrogens with zero attached hydrogens (tertiary/aromatic N) is 2. The number of hydrogen-bond acceptors (Lipinski definition) is 4. The van der Waals surface area contributed by atoms with E-state index in [1.165, 1.54) is 5.69 Å². The van der Waals surface area contributed by atoms with Gasteiger partial charge in [-0.25, -0.2) is 0 Å². The molecule has 2 aliphatic rings. The number of aromatic nitrogens is 1. The van der Waals surface area contributed by atoms with E-state index in [4.69, 9.17) is 16.3 Å². The molecule has 3 heterocycles. The van der Waals surface area contributed by atoms with Gasteiger partial charge in [-0.05, 0) is 43.5 Å². The van der Waals surface area contributed by atoms with Crippen molar-refractivity contribution in [3.63, 3.8) is 0 Å². The summed E-state index contributed by atoms with van der Waals surface area (Å²) < 4.78 is 5.64. The number of aliphatic hydroxyl groups is 1. The van der Waals surface area contributed by atoms with Crippen LogP contribution in [0.1, 0.15) is 19.3 Å². The average Bonchev–Trinajstić information content (AvgIpc) is 3.03. The van der Waals surface area contributed by atoms with Crippen molar-refractivity contribution in [3.05, 3.63) is 35.5 Å². The van der Waals surface area contributed by atoms with Gasteiger partial charge in [0.15, 0.2) is 0 Å². The average molecular weight is 333 g/mol. The van der Waals surface area contributed by atoms with E-state index in [1.807, 2.05) is 24.4 Å². The number of ether oxygens (including phenoxy) is 1. The van der Waals surface area contributed by atoms with Crippen LogP contribution in [0.25, 0.3) is 10.9 Å². The largest absolute Gasteiger partial charge is 0.393 e. The Bertz CT molecular complexity index is 708. The van der Waals surface area contributed by atoms with Crippen LogP contribution in [0.2, 0.25) is 5.02 Å². The van der Waals surface area contributed by atoms with Crippen LogP contribution in [0.15, 0.2) is 30.5 Å². The van der Waals surface area contributed by atoms with Crippen LogP contribution in [0.5, 0.6) is 0 Å². The number of halogens is 1. The molecule has 3 atom stereocenters. The second kappa shape index (κ2) is 6.27. The molecule has 2 fully saturated rings. The standard InChI is InChI=1S/C18H21ClN2O2/c19-12-3-4-13-15(10-12)20-7-5-17(13)21-8-1-2-16(21)14-11-23-9-6-18(14)22/h3-5,7,10,14,16,18,22H,1-2,6,8-9,11H2/t14-,16-,18-/m1/s1. The highest BCUT2D eigenvalue weighted by Gasteiger charge is 2.38. The van der Waals surface area contributed by atoms with E-state index in [0.717, 1.165) is 36.7 Å². The number of aliphatic hydroxyl groups excluding tert-OH is 1. The number of pyridine rings is 1. The van der Waals surface area contributed by atoms with Crippen molar-refractivity contribution in [2.75, 3.05) is 24.7 Å². The summed E-state index contributed by atoms with van der Waals surface area (Å²) in [6, 6.07) is 8.27. The molecule has 4 nitrogen and oxygen atoms in total. The van der Waals surface area contributed by atoms with Gasteiger partial charge in [-0.15, -0.1) is 0 Å². The first-order valence-corrected chi connectivity index (χ1v) is 8.68. The highest BCUT2D eigenvalue weighted by molar-refractivity contribution is 6.31. The van der Waals surface area contributed by atoms with Gasteiger partial charge in [0.05, 0.1) is 18.2 Å². The normalized spacial score (nSPS) is 28.4. The Morgan fingerprint density at radius 2 is 2.17 bits per heavy atom. The van der Waals surface area contributed by atoms with Crippen molar-refractivity contribution >= 4 is 28.2 Å². The second-order valence-electron chi connectivity index (χ2n) is 6.49. The number of fused-ring (bicyclic) bond motifs is 1. The molecule has 5 heteroatoms. The van der Waals surface area contributed by atoms with Crippen molar-refractivity contribution in [2.24, 2.45) is 5.92 Å². The van der Waals surface area contributed by atoms with Crippen LogP contribution in [0, 0.1) is 5.92 Å². The molecule has 2 aromatic rings. The molecule has 0 saturated carbocycles. The van der Waals surface area contributed by atoms with Crippen LogP contribution in [0.4, 0.5) is 5.69 Å². The fourth-order valence-corrected chi connectivity index (χ4v) is 4.18. The van der Waals surface area contributed by atoms with E-state index in [2.05, 4.69) is 16.0 Å². The first-order valence-electron chi connectivity index (χ1n) is 8.31. The van der Waals surface area contributed by atoms with Gasteiger partial charge in [0.2, 0.25) is 0 Å². The van der Waals surface area contributed by atoms with Crippen molar-refractivity contribution in [3.8, 4) is 0 Å². The zero-order valence-electron chi connectivity index (χ0n) is 13.0. The number of rotatable bonds is 2. The molecule has 2 saturated heterocycles. The van der Waals surface area contributed by atoms with Crippen molar-refractivity contribution in [1.29, 1.82) is 0 Å². The van der Waals surface area contributed by atoms with Gasteiger partial charge in [0, 0.05) is 47.4 Å². The third-order valence-electron chi connectivity index (χ3n) is 5.15. The summed E-state index contributed by atoms with van der Waals surface area (Å²) >= 11 is 6.10. The topological polar surface area (TPSA) is 45.6 Å². The Morgan fingerprint density at radius 3 is 3.04 bits per heavy atom. The summed E-state index contributed by atoms with van der Waals surface area (Å²) in [6.45, 7) is 2.33. The van der Waals surface area contributed by atoms with Crippen molar-refractivity contribution in [1.82, 2.24) is 4.98 Å². The van der Waals surface area contributed by atoms with E-state index in [0.29, 0.717) is 24.3 Å². The summed E-state index contributed by atoms with van der Waals surface area (Å²) in [7, 11) is 0. The zero-order valence-corrected chi connectivity index (χ0v) is 13.7. The molecule has 23 heavy (non-hydrogen) atoms. The molecule has 4 rings (SSSR count). The minimum atomic E-state index is -0.267. The second-order valence-corrected chi connectivity index (χ2v) is 6.93. The van der Waals surface area contributed by atoms with Crippen LogP contribution >= 0.6 is 11.6 Å². The molecule has 1 N–H and O–H groups in total. The molecular formula is C18H21ClN2O2. The SMILES string of the molecule is O[C@@H]1CCOC[C@@H]1[C@H]1CCCN1c1ccnc2cc(Cl)ccc12. The minimum Gasteiger partial charge on any atom is -0.393 e. The summed E-state index contributed by atoms with van der Waals surface area (Å²) in [5.41, 5.74) is 2.10. The molecule has 0 radical (unpaired) electrons. The lowest BCUT2D eigenvalue weighted by Crippen LogP contribution is -2.46. The van der Waals surface area contributed by atoms with Gasteiger partial charge in [-0.3, -0.25) is 4.98 Å². The van der Waals surface area contributed by atoms with Gasteiger partial charge < -0.3 is 14.7 Å². The smallest absolute Gasteiger partial charge is 0.0737 e. The molecule has 1 aromatic heterocycles. The molecular weight excluding hydrogens is 312 g/mol. The number of hydrogen-bond donors (Lipinski definition) is 1. The maximum atomic E-state index is 10.4. The summed E-state index contributed by atoms with van der Waals surface area (Å²) in [5.74, 6) is 0.182. The van der Waals surface area contributed by atoms with Gasteiger partial charge in [-0.1, -0.05) is 11.6 Å². The summed E-state index contributed by atoms with van der Waals surface area (Å²) in [4.78, 5) is 6.87. The van der Waals surface area contributed by atoms with E-state index < -0.39 is 0 Å². The maximum Gasteiger partial charge on any atom is 0.0737 e. The molecule has 122 valence electrons. The lowest BCUT2D eigenvalue weighted by molar-refractivity contribution is -0.0437. The van der Waals surface area contributed by atoms with E-state index in [9.17, 15) is 5.11 Å². The van der Waals surface area contributed by atoms with Crippen LogP contribution in [0.3, 0.4) is 0 Å². The monoisotopic (exact) mass is 332 g/mol. The fraction of sp³-hybridized carbons (Fsp3) is 0.500. The highest BCUT2D eigenvalue weighted by Crippen LogP contribution is 2.37. The summed E-state index contributed by atoms with van der Waals surface area (Å²) in [6.07, 6.45) is 4.56. The first-order chi connectivity index (χ1) is 11.2. The highest BCUT2D eigenvalue weighted by atomic mass is 35.5. The minimum absolute atomic E-state index is 0.182. The van der Waals surface area contributed by atoms with Gasteiger partial charge in [0.25, 0.3) is 0 Å². The van der Waals surface area contributed by atoms with E-state index in [1.54, 1.807) is 0 Å². The molecule has 0 unspecified atom stereocenters. The van der Waals surface area contributed by atoms with Crippen molar-refractivity contribution in [2.45, 2.75) is 31.4 Å². The molecule has 0 amide bonds. The predicted octanol–water partition coefficient (Wildman–Crippen LogP) is 3.25. The van der Waals surface area contributed by atoms with Crippen LogP contribution in [-0.4, -0.2) is 42.0 Å². The van der Waals surface area contributed by atoms with Gasteiger partial charge in [0.1, 0.15) is 0 Å². The third kappa shape index (κ3) is 2.80. The molecule has 0 bridgehead atoms. The van der Waals surface area contributed by atoms with Crippen LogP contribution in [-0.2, 0) is 4.74 Å². The van der Waals surface area contributed by atoms with Gasteiger partial charge >= 0.3 is 0 Å². The molecule has 0 aliphatic carbocycles. The first kappa shape index (κ1) is 15.2. The third-order valence-corrected chi connectivity index (χ3v) is 5.38. The Kier molecular flexibility index (Phi) is 4.14. The van der Waals surface area contributed by atoms with Gasteiger partial charge in [-0.2, -0.15) is 0 Å². The Balaban J connectivity index is 1.71. The number of anilines is 1. The van der Waals surface area contributed by atoms with E-state index >= 15 is 0 Å². The maximum absolute atomic E-state index is 10.4.